The molecule has 1 aliphatic rings. The van der Waals surface area contributed by atoms with Crippen molar-refractivity contribution in [3.63, 3.8) is 0 Å². The Bertz CT molecular complexity index is 1260. The van der Waals surface area contributed by atoms with Crippen LogP contribution in [-0.2, 0) is 6.54 Å². The Morgan fingerprint density at radius 3 is 2.81 bits per heavy atom. The number of hydrogen-bond acceptors (Lipinski definition) is 7. The number of benzene rings is 1. The van der Waals surface area contributed by atoms with Gasteiger partial charge >= 0.3 is 0 Å². The minimum absolute atomic E-state index is 0.0266. The van der Waals surface area contributed by atoms with Gasteiger partial charge in [-0.2, -0.15) is 10.4 Å². The van der Waals surface area contributed by atoms with E-state index in [1.807, 2.05) is 13.8 Å². The van der Waals surface area contributed by atoms with E-state index in [0.29, 0.717) is 28.2 Å². The maximum atomic E-state index is 14.0. The maximum absolute atomic E-state index is 14.0. The zero-order valence-corrected chi connectivity index (χ0v) is 18.1. The topological polar surface area (TPSA) is 123 Å². The molecule has 32 heavy (non-hydrogen) atoms. The number of hydrogen-bond donors (Lipinski definition) is 1. The first kappa shape index (κ1) is 21.2. The van der Waals surface area contributed by atoms with Crippen LogP contribution in [-0.4, -0.2) is 37.6 Å². The number of aromatic nitrogens is 4. The number of carbonyl (C=O) groups excluding carboxylic acids is 1. The normalized spacial score (nSPS) is 15.8. The first-order valence-corrected chi connectivity index (χ1v) is 10.1. The molecule has 2 aromatic heterocycles. The Kier molecular flexibility index (Phi) is 5.26. The van der Waals surface area contributed by atoms with E-state index < -0.39 is 11.9 Å². The van der Waals surface area contributed by atoms with E-state index in [1.165, 1.54) is 29.3 Å². The second-order valence-electron chi connectivity index (χ2n) is 7.92. The van der Waals surface area contributed by atoms with Gasteiger partial charge in [0.15, 0.2) is 5.82 Å². The molecule has 1 amide bonds. The molecule has 1 aromatic carbocycles. The summed E-state index contributed by atoms with van der Waals surface area (Å²) < 4.78 is 21.5. The third kappa shape index (κ3) is 3.51. The zero-order valence-electron chi connectivity index (χ0n) is 18.1. The lowest BCUT2D eigenvalue weighted by atomic mass is 10.0. The van der Waals surface area contributed by atoms with Crippen LogP contribution in [0.5, 0.6) is 5.88 Å². The van der Waals surface area contributed by atoms with Gasteiger partial charge in [-0.3, -0.25) is 9.48 Å². The number of nitriles is 1. The van der Waals surface area contributed by atoms with Gasteiger partial charge in [0.1, 0.15) is 23.7 Å². The SMILES string of the molecule is CC1Oc2nc(cnc2N)-c2c(nn(C(C)C)c2C#N)CN(C)C(=O)c2ccc(F)cc21. The van der Waals surface area contributed by atoms with Crippen molar-refractivity contribution >= 4 is 11.7 Å². The van der Waals surface area contributed by atoms with Crippen LogP contribution in [0.15, 0.2) is 24.4 Å². The fraction of sp³-hybridized carbons (Fsp3) is 0.318. The van der Waals surface area contributed by atoms with Crippen molar-refractivity contribution in [1.29, 1.82) is 5.26 Å². The summed E-state index contributed by atoms with van der Waals surface area (Å²) in [6.45, 7) is 5.59. The molecule has 3 heterocycles. The van der Waals surface area contributed by atoms with E-state index in [9.17, 15) is 14.4 Å². The van der Waals surface area contributed by atoms with E-state index in [0.717, 1.165) is 0 Å². The number of anilines is 1. The minimum atomic E-state index is -0.738. The predicted octanol–water partition coefficient (Wildman–Crippen LogP) is 3.24. The third-order valence-corrected chi connectivity index (χ3v) is 5.31. The number of rotatable bonds is 1. The van der Waals surface area contributed by atoms with E-state index in [4.69, 9.17) is 10.5 Å². The highest BCUT2D eigenvalue weighted by Gasteiger charge is 2.28. The third-order valence-electron chi connectivity index (χ3n) is 5.31. The first-order chi connectivity index (χ1) is 15.2. The van der Waals surface area contributed by atoms with Gasteiger partial charge in [-0.15, -0.1) is 0 Å². The van der Waals surface area contributed by atoms with Gasteiger partial charge < -0.3 is 15.4 Å². The van der Waals surface area contributed by atoms with Crippen LogP contribution in [0.3, 0.4) is 0 Å². The fourth-order valence-electron chi connectivity index (χ4n) is 3.73. The first-order valence-electron chi connectivity index (χ1n) is 10.1. The van der Waals surface area contributed by atoms with Gasteiger partial charge in [-0.25, -0.2) is 14.4 Å². The number of amides is 1. The van der Waals surface area contributed by atoms with Gasteiger partial charge in [0.25, 0.3) is 11.8 Å². The number of ether oxygens (including phenoxy) is 1. The monoisotopic (exact) mass is 435 g/mol. The molecule has 0 saturated heterocycles. The predicted molar refractivity (Wildman–Crippen MR) is 114 cm³/mol. The summed E-state index contributed by atoms with van der Waals surface area (Å²) in [5.74, 6) is -0.762. The van der Waals surface area contributed by atoms with Crippen molar-refractivity contribution in [3.8, 4) is 23.2 Å². The summed E-state index contributed by atoms with van der Waals surface area (Å²) in [6.07, 6.45) is 0.706. The molecule has 1 unspecified atom stereocenters. The van der Waals surface area contributed by atoms with Crippen LogP contribution in [0.1, 0.15) is 60.2 Å². The molecule has 3 aromatic rings. The summed E-state index contributed by atoms with van der Waals surface area (Å²) in [5, 5.41) is 14.5. The van der Waals surface area contributed by atoms with Crippen LogP contribution in [0.2, 0.25) is 0 Å². The smallest absolute Gasteiger partial charge is 0.258 e. The number of fused-ring (bicyclic) bond motifs is 5. The Labute approximate surface area is 184 Å². The average Bonchev–Trinajstić information content (AvgIpc) is 3.12. The number of carbonyl (C=O) groups is 1. The molecule has 2 bridgehead atoms. The minimum Gasteiger partial charge on any atom is -0.467 e. The van der Waals surface area contributed by atoms with Crippen molar-refractivity contribution in [1.82, 2.24) is 24.6 Å². The number of nitrogens with two attached hydrogens (primary N) is 1. The molecule has 0 fully saturated rings. The Balaban J connectivity index is 1.99. The second kappa shape index (κ2) is 7.92. The lowest BCUT2D eigenvalue weighted by molar-refractivity contribution is 0.0778. The fourth-order valence-corrected chi connectivity index (χ4v) is 3.73. The zero-order chi connectivity index (χ0) is 23.2. The lowest BCUT2D eigenvalue weighted by Gasteiger charge is -2.23. The summed E-state index contributed by atoms with van der Waals surface area (Å²) in [7, 11) is 1.62. The van der Waals surface area contributed by atoms with Crippen LogP contribution in [0, 0.1) is 17.1 Å². The molecule has 0 aliphatic carbocycles. The highest BCUT2D eigenvalue weighted by molar-refractivity contribution is 5.95. The average molecular weight is 435 g/mol. The Morgan fingerprint density at radius 1 is 1.38 bits per heavy atom. The molecule has 0 radical (unpaired) electrons. The van der Waals surface area contributed by atoms with Crippen LogP contribution < -0.4 is 10.5 Å². The standard InChI is InChI=1S/C22H22FN7O2/c1-11(2)30-18(8-24)19-16-9-26-20(25)21(27-16)32-12(3)15-7-13(23)5-6-14(15)22(31)29(4)10-17(19)28-30/h5-7,9,11-12H,10H2,1-4H3,(H2,25,26). The van der Waals surface area contributed by atoms with Crippen LogP contribution >= 0.6 is 0 Å². The van der Waals surface area contributed by atoms with Gasteiger partial charge in [-0.1, -0.05) is 0 Å². The molecule has 0 spiro atoms. The summed E-state index contributed by atoms with van der Waals surface area (Å²) >= 11 is 0. The van der Waals surface area contributed by atoms with E-state index in [1.54, 1.807) is 18.7 Å². The molecular weight excluding hydrogens is 413 g/mol. The molecular formula is C22H22FN7O2. The van der Waals surface area contributed by atoms with E-state index >= 15 is 0 Å². The van der Waals surface area contributed by atoms with E-state index in [-0.39, 0.29) is 35.8 Å². The Hall–Kier alpha value is -4.00. The maximum Gasteiger partial charge on any atom is 0.258 e. The molecule has 9 nitrogen and oxygen atoms in total. The quantitative estimate of drug-likeness (QED) is 0.622. The summed E-state index contributed by atoms with van der Waals surface area (Å²) in [6, 6.07) is 6.01. The summed E-state index contributed by atoms with van der Waals surface area (Å²) in [4.78, 5) is 23.4. The largest absolute Gasteiger partial charge is 0.467 e. The van der Waals surface area contributed by atoms with Gasteiger partial charge in [0.2, 0.25) is 0 Å². The lowest BCUT2D eigenvalue weighted by Crippen LogP contribution is -2.28. The molecule has 0 saturated carbocycles. The highest BCUT2D eigenvalue weighted by atomic mass is 19.1. The van der Waals surface area contributed by atoms with Gasteiger partial charge in [0, 0.05) is 24.2 Å². The van der Waals surface area contributed by atoms with Crippen molar-refractivity contribution in [2.24, 2.45) is 0 Å². The molecule has 1 atom stereocenters. The van der Waals surface area contributed by atoms with Gasteiger partial charge in [0.05, 0.1) is 29.7 Å². The van der Waals surface area contributed by atoms with Crippen molar-refractivity contribution in [2.45, 2.75) is 39.5 Å². The highest BCUT2D eigenvalue weighted by Crippen LogP contribution is 2.34. The molecule has 164 valence electrons. The molecule has 10 heteroatoms. The van der Waals surface area contributed by atoms with Gasteiger partial charge in [-0.05, 0) is 39.0 Å². The van der Waals surface area contributed by atoms with Crippen LogP contribution in [0.4, 0.5) is 10.2 Å². The molecule has 2 N–H and O–H groups in total. The number of halogens is 1. The van der Waals surface area contributed by atoms with Crippen molar-refractivity contribution in [2.75, 3.05) is 12.8 Å². The second-order valence-corrected chi connectivity index (χ2v) is 7.92. The van der Waals surface area contributed by atoms with Crippen LogP contribution in [0.25, 0.3) is 11.3 Å². The number of nitrogens with zero attached hydrogens (tertiary/aromatic N) is 6. The Morgan fingerprint density at radius 2 is 2.12 bits per heavy atom. The van der Waals surface area contributed by atoms with Crippen molar-refractivity contribution < 1.29 is 13.9 Å². The van der Waals surface area contributed by atoms with E-state index in [2.05, 4.69) is 21.1 Å². The molecule has 1 aliphatic heterocycles. The number of nitrogen functional groups attached to an aromatic ring is 1. The summed E-state index contributed by atoms with van der Waals surface area (Å²) in [5.41, 5.74) is 8.22. The van der Waals surface area contributed by atoms with Crippen molar-refractivity contribution in [3.05, 3.63) is 52.7 Å². The molecule has 4 rings (SSSR count).